The van der Waals surface area contributed by atoms with E-state index < -0.39 is 0 Å². The molecule has 13 heavy (non-hydrogen) atoms. The topological polar surface area (TPSA) is 6.48 Å². The standard InChI is InChI=1S/C11H26N2/c1-7-8-13(6)10-11(2,3)9-12(4)5/h7-10H2,1-6H3. The number of hydrogen-bond acceptors (Lipinski definition) is 2. The molecule has 0 aliphatic rings. The van der Waals surface area contributed by atoms with E-state index in [2.05, 4.69) is 51.7 Å². The lowest BCUT2D eigenvalue weighted by molar-refractivity contribution is 0.164. The van der Waals surface area contributed by atoms with Crippen LogP contribution in [0.4, 0.5) is 0 Å². The minimum absolute atomic E-state index is 0.396. The highest BCUT2D eigenvalue weighted by Gasteiger charge is 2.20. The molecule has 80 valence electrons. The van der Waals surface area contributed by atoms with Crippen molar-refractivity contribution >= 4 is 0 Å². The molecule has 0 radical (unpaired) electrons. The van der Waals surface area contributed by atoms with Crippen molar-refractivity contribution in [2.45, 2.75) is 27.2 Å². The summed E-state index contributed by atoms with van der Waals surface area (Å²) in [4.78, 5) is 4.68. The second-order valence-corrected chi connectivity index (χ2v) is 5.14. The quantitative estimate of drug-likeness (QED) is 0.625. The molecule has 0 aromatic carbocycles. The molecule has 0 atom stereocenters. The lowest BCUT2D eigenvalue weighted by Crippen LogP contribution is -2.38. The number of rotatable bonds is 6. The van der Waals surface area contributed by atoms with E-state index in [-0.39, 0.29) is 0 Å². The molecule has 2 nitrogen and oxygen atoms in total. The molecule has 0 bridgehead atoms. The van der Waals surface area contributed by atoms with E-state index in [0.29, 0.717) is 5.41 Å². The summed E-state index contributed by atoms with van der Waals surface area (Å²) in [6.07, 6.45) is 1.24. The Morgan fingerprint density at radius 2 is 1.54 bits per heavy atom. The second kappa shape index (κ2) is 5.61. The Bertz CT molecular complexity index is 130. The van der Waals surface area contributed by atoms with E-state index in [4.69, 9.17) is 0 Å². The summed E-state index contributed by atoms with van der Waals surface area (Å²) in [5.41, 5.74) is 0.396. The van der Waals surface area contributed by atoms with Crippen molar-refractivity contribution < 1.29 is 0 Å². The Morgan fingerprint density at radius 3 is 1.92 bits per heavy atom. The molecule has 0 spiro atoms. The van der Waals surface area contributed by atoms with Gasteiger partial charge in [-0.25, -0.2) is 0 Å². The minimum Gasteiger partial charge on any atom is -0.309 e. The van der Waals surface area contributed by atoms with Gasteiger partial charge in [0, 0.05) is 13.1 Å². The molecule has 0 aliphatic carbocycles. The summed E-state index contributed by atoms with van der Waals surface area (Å²) >= 11 is 0. The zero-order chi connectivity index (χ0) is 10.5. The van der Waals surface area contributed by atoms with Crippen LogP contribution in [0.3, 0.4) is 0 Å². The fourth-order valence-corrected chi connectivity index (χ4v) is 2.10. The van der Waals surface area contributed by atoms with E-state index in [0.717, 1.165) is 6.54 Å². The summed E-state index contributed by atoms with van der Waals surface area (Å²) in [6.45, 7) is 10.4. The van der Waals surface area contributed by atoms with Crippen molar-refractivity contribution in [3.05, 3.63) is 0 Å². The predicted octanol–water partition coefficient (Wildman–Crippen LogP) is 1.92. The average molecular weight is 186 g/mol. The van der Waals surface area contributed by atoms with Gasteiger partial charge < -0.3 is 9.80 Å². The van der Waals surface area contributed by atoms with Crippen LogP contribution in [0.5, 0.6) is 0 Å². The molecule has 0 aromatic rings. The van der Waals surface area contributed by atoms with Gasteiger partial charge in [-0.2, -0.15) is 0 Å². The van der Waals surface area contributed by atoms with Crippen LogP contribution in [0.25, 0.3) is 0 Å². The highest BCUT2D eigenvalue weighted by atomic mass is 15.1. The SMILES string of the molecule is CCCN(C)CC(C)(C)CN(C)C. The smallest absolute Gasteiger partial charge is 0.00419 e. The van der Waals surface area contributed by atoms with E-state index in [1.54, 1.807) is 0 Å². The monoisotopic (exact) mass is 186 g/mol. The molecule has 0 rings (SSSR count). The van der Waals surface area contributed by atoms with Gasteiger partial charge in [0.15, 0.2) is 0 Å². The Kier molecular flexibility index (Phi) is 5.57. The van der Waals surface area contributed by atoms with Gasteiger partial charge in [-0.05, 0) is 39.5 Å². The molecule has 0 unspecified atom stereocenters. The van der Waals surface area contributed by atoms with Gasteiger partial charge in [-0.1, -0.05) is 20.8 Å². The van der Waals surface area contributed by atoms with Gasteiger partial charge in [-0.3, -0.25) is 0 Å². The summed E-state index contributed by atoms with van der Waals surface area (Å²) < 4.78 is 0. The Balaban J connectivity index is 3.85. The van der Waals surface area contributed by atoms with Crippen LogP contribution < -0.4 is 0 Å². The van der Waals surface area contributed by atoms with Crippen molar-refractivity contribution in [2.75, 3.05) is 40.8 Å². The fourth-order valence-electron chi connectivity index (χ4n) is 2.10. The third kappa shape index (κ3) is 7.03. The third-order valence-corrected chi connectivity index (χ3v) is 2.05. The van der Waals surface area contributed by atoms with E-state index in [9.17, 15) is 0 Å². The average Bonchev–Trinajstić information content (AvgIpc) is 1.81. The first kappa shape index (κ1) is 12.9. The van der Waals surface area contributed by atoms with Crippen LogP contribution in [0.1, 0.15) is 27.2 Å². The van der Waals surface area contributed by atoms with Crippen molar-refractivity contribution in [2.24, 2.45) is 5.41 Å². The van der Waals surface area contributed by atoms with Crippen LogP contribution in [-0.4, -0.2) is 50.6 Å². The fraction of sp³-hybridized carbons (Fsp3) is 1.00. The Morgan fingerprint density at radius 1 is 1.00 bits per heavy atom. The maximum absolute atomic E-state index is 2.42. The molecular weight excluding hydrogens is 160 g/mol. The van der Waals surface area contributed by atoms with Gasteiger partial charge in [0.1, 0.15) is 0 Å². The van der Waals surface area contributed by atoms with Crippen LogP contribution >= 0.6 is 0 Å². The van der Waals surface area contributed by atoms with Crippen molar-refractivity contribution in [1.29, 1.82) is 0 Å². The zero-order valence-corrected chi connectivity index (χ0v) is 10.2. The summed E-state index contributed by atoms with van der Waals surface area (Å²) in [7, 11) is 6.49. The van der Waals surface area contributed by atoms with Crippen LogP contribution in [0, 0.1) is 5.41 Å². The minimum atomic E-state index is 0.396. The van der Waals surface area contributed by atoms with Crippen molar-refractivity contribution in [1.82, 2.24) is 9.80 Å². The highest BCUT2D eigenvalue weighted by molar-refractivity contribution is 4.74. The molecule has 2 heteroatoms. The molecule has 0 saturated heterocycles. The molecular formula is C11H26N2. The van der Waals surface area contributed by atoms with Crippen molar-refractivity contribution in [3.63, 3.8) is 0 Å². The number of hydrogen-bond donors (Lipinski definition) is 0. The maximum Gasteiger partial charge on any atom is 0.00419 e. The first-order chi connectivity index (χ1) is 5.87. The molecule has 0 saturated carbocycles. The Hall–Kier alpha value is -0.0800. The lowest BCUT2D eigenvalue weighted by Gasteiger charge is -2.32. The molecule has 0 aromatic heterocycles. The first-order valence-electron chi connectivity index (χ1n) is 5.20. The van der Waals surface area contributed by atoms with E-state index in [1.165, 1.54) is 19.5 Å². The van der Waals surface area contributed by atoms with Gasteiger partial charge in [0.25, 0.3) is 0 Å². The summed E-state index contributed by atoms with van der Waals surface area (Å²) in [5.74, 6) is 0. The molecule has 0 aliphatic heterocycles. The first-order valence-corrected chi connectivity index (χ1v) is 5.20. The largest absolute Gasteiger partial charge is 0.309 e. The second-order valence-electron chi connectivity index (χ2n) is 5.14. The van der Waals surface area contributed by atoms with Crippen LogP contribution in [-0.2, 0) is 0 Å². The molecule has 0 amide bonds. The highest BCUT2D eigenvalue weighted by Crippen LogP contribution is 2.16. The molecule has 0 N–H and O–H groups in total. The summed E-state index contributed by atoms with van der Waals surface area (Å²) in [6, 6.07) is 0. The third-order valence-electron chi connectivity index (χ3n) is 2.05. The van der Waals surface area contributed by atoms with Gasteiger partial charge in [0.05, 0.1) is 0 Å². The van der Waals surface area contributed by atoms with E-state index >= 15 is 0 Å². The molecule has 0 fully saturated rings. The van der Waals surface area contributed by atoms with Gasteiger partial charge in [-0.15, -0.1) is 0 Å². The lowest BCUT2D eigenvalue weighted by atomic mass is 9.92. The number of nitrogens with zero attached hydrogens (tertiary/aromatic N) is 2. The predicted molar refractivity (Wildman–Crippen MR) is 60.1 cm³/mol. The maximum atomic E-state index is 2.42. The Labute approximate surface area is 83.9 Å². The van der Waals surface area contributed by atoms with Crippen LogP contribution in [0.15, 0.2) is 0 Å². The van der Waals surface area contributed by atoms with Crippen LogP contribution in [0.2, 0.25) is 0 Å². The van der Waals surface area contributed by atoms with Crippen molar-refractivity contribution in [3.8, 4) is 0 Å². The summed E-state index contributed by atoms with van der Waals surface area (Å²) in [5, 5.41) is 0. The zero-order valence-electron chi connectivity index (χ0n) is 10.2. The van der Waals surface area contributed by atoms with Gasteiger partial charge in [0.2, 0.25) is 0 Å². The van der Waals surface area contributed by atoms with Gasteiger partial charge >= 0.3 is 0 Å². The normalized spacial score (nSPS) is 12.9. The molecule has 0 heterocycles. The van der Waals surface area contributed by atoms with E-state index in [1.807, 2.05) is 0 Å².